The van der Waals surface area contributed by atoms with Gasteiger partial charge in [0.15, 0.2) is 18.7 Å². The lowest BCUT2D eigenvalue weighted by Gasteiger charge is -2.49. The number of carbonyl (C=O) groups is 3. The van der Waals surface area contributed by atoms with Gasteiger partial charge in [0.2, 0.25) is 0 Å². The number of hydrogen-bond acceptors (Lipinski definition) is 23. The van der Waals surface area contributed by atoms with Gasteiger partial charge in [0.05, 0.1) is 13.2 Å². The van der Waals surface area contributed by atoms with Crippen LogP contribution in [0.4, 0.5) is 0 Å². The summed E-state index contributed by atoms with van der Waals surface area (Å²) in [5, 5.41) is 110. The summed E-state index contributed by atoms with van der Waals surface area (Å²) >= 11 is 0. The highest BCUT2D eigenvalue weighted by molar-refractivity contribution is 7.47. The maximum Gasteiger partial charge on any atom is 0.472 e. The number of aliphatic hydroxyl groups excluding tert-OH is 10. The van der Waals surface area contributed by atoms with Crippen molar-refractivity contribution in [2.24, 2.45) is 5.92 Å². The van der Waals surface area contributed by atoms with E-state index in [-0.39, 0.29) is 19.3 Å². The Morgan fingerprint density at radius 2 is 0.784 bits per heavy atom. The summed E-state index contributed by atoms with van der Waals surface area (Å²) in [6.45, 7) is 5.75. The van der Waals surface area contributed by atoms with Crippen LogP contribution >= 0.6 is 7.82 Å². The fraction of sp³-hybridized carbons (Fsp3) is 0.931. The quantitative estimate of drug-likeness (QED) is 0.00886. The Morgan fingerprint density at radius 1 is 0.423 bits per heavy atom. The van der Waals surface area contributed by atoms with Crippen LogP contribution in [-0.4, -0.2) is 204 Å². The van der Waals surface area contributed by atoms with Gasteiger partial charge in [-0.25, -0.2) is 4.57 Å². The van der Waals surface area contributed by atoms with E-state index >= 15 is 0 Å². The molecule has 1 aliphatic carbocycles. The van der Waals surface area contributed by atoms with Gasteiger partial charge in [-0.3, -0.25) is 23.4 Å². The van der Waals surface area contributed by atoms with E-state index in [1.165, 1.54) is 128 Å². The van der Waals surface area contributed by atoms with Crippen LogP contribution in [0, 0.1) is 5.92 Å². The molecule has 3 rings (SSSR count). The van der Waals surface area contributed by atoms with E-state index in [1.54, 1.807) is 0 Å². The van der Waals surface area contributed by atoms with E-state index < -0.39 is 156 Å². The molecule has 0 aromatic carbocycles. The molecular formula is C72H133O24P. The zero-order valence-corrected chi connectivity index (χ0v) is 60.4. The second-order valence-electron chi connectivity index (χ2n) is 27.6. The second kappa shape index (κ2) is 53.5. The molecule has 2 aliphatic heterocycles. The number of unbranched alkanes of at least 4 members (excludes halogenated alkanes) is 31. The molecule has 2 heterocycles. The van der Waals surface area contributed by atoms with Crippen LogP contribution < -0.4 is 0 Å². The van der Waals surface area contributed by atoms with Crippen LogP contribution in [0.3, 0.4) is 0 Å². The molecule has 19 unspecified atom stereocenters. The number of esters is 3. The van der Waals surface area contributed by atoms with Crippen LogP contribution in [-0.2, 0) is 61.2 Å². The van der Waals surface area contributed by atoms with E-state index in [0.717, 1.165) is 96.3 Å². The fourth-order valence-electron chi connectivity index (χ4n) is 12.6. The number of allylic oxidation sites excluding steroid dienone is 2. The molecule has 0 aromatic heterocycles. The normalized spacial score (nSPS) is 28.2. The summed E-state index contributed by atoms with van der Waals surface area (Å²) in [6, 6.07) is 0. The van der Waals surface area contributed by atoms with Crippen molar-refractivity contribution in [3.63, 3.8) is 0 Å². The van der Waals surface area contributed by atoms with Gasteiger partial charge in [-0.1, -0.05) is 239 Å². The zero-order chi connectivity index (χ0) is 71.2. The number of carbonyl (C=O) groups excluding carboxylic acids is 3. The number of phosphoric ester groups is 1. The van der Waals surface area contributed by atoms with Crippen LogP contribution in [0.25, 0.3) is 0 Å². The molecule has 97 heavy (non-hydrogen) atoms. The van der Waals surface area contributed by atoms with Crippen molar-refractivity contribution in [3.8, 4) is 0 Å². The summed E-state index contributed by atoms with van der Waals surface area (Å²) in [6.07, 6.45) is 10.0. The first kappa shape index (κ1) is 88.9. The van der Waals surface area contributed by atoms with E-state index in [1.807, 2.05) is 0 Å². The lowest BCUT2D eigenvalue weighted by Crippen LogP contribution is -2.69. The molecule has 0 spiro atoms. The van der Waals surface area contributed by atoms with E-state index in [2.05, 4.69) is 39.8 Å². The number of ether oxygens (including phenoxy) is 7. The SMILES string of the molecule is CCCCCCCCC/C=C\CCCCCC(=O)OCC1OC(OC2C(O)C(O)C(O)C(OC3OC(CO)C(O)C(O)C3O)C2OP(=O)(O)OCC(COC(=O)CCCCCCCCCCCCCC)OC(=O)CCCCCCCCC(C)CCCCCCCC)C(O)C(O)C1O. The second-order valence-corrected chi connectivity index (χ2v) is 29.0. The average molecular weight is 1410 g/mol. The molecule has 2 saturated heterocycles. The largest absolute Gasteiger partial charge is 0.472 e. The Kier molecular flexibility index (Phi) is 49.0. The maximum atomic E-state index is 14.3. The highest BCUT2D eigenvalue weighted by Crippen LogP contribution is 2.49. The number of phosphoric acid groups is 1. The molecular weight excluding hydrogens is 1280 g/mol. The Hall–Kier alpha value is -2.30. The lowest BCUT2D eigenvalue weighted by molar-refractivity contribution is -0.360. The van der Waals surface area contributed by atoms with Crippen molar-refractivity contribution >= 4 is 25.7 Å². The first-order chi connectivity index (χ1) is 46.7. The van der Waals surface area contributed by atoms with Crippen molar-refractivity contribution in [1.82, 2.24) is 0 Å². The molecule has 0 bridgehead atoms. The highest BCUT2D eigenvalue weighted by Gasteiger charge is 2.58. The molecule has 0 radical (unpaired) electrons. The molecule has 570 valence electrons. The third-order valence-corrected chi connectivity index (χ3v) is 19.9. The molecule has 0 amide bonds. The van der Waals surface area contributed by atoms with E-state index in [4.69, 9.17) is 42.2 Å². The predicted molar refractivity (Wildman–Crippen MR) is 365 cm³/mol. The van der Waals surface area contributed by atoms with Crippen LogP contribution in [0.1, 0.15) is 291 Å². The minimum Gasteiger partial charge on any atom is -0.463 e. The topological polar surface area (TPSA) is 374 Å². The van der Waals surface area contributed by atoms with Crippen LogP contribution in [0.2, 0.25) is 0 Å². The minimum absolute atomic E-state index is 0.00917. The van der Waals surface area contributed by atoms with Crippen molar-refractivity contribution in [2.45, 2.75) is 395 Å². The average Bonchev–Trinajstić information content (AvgIpc) is 0.765. The van der Waals surface area contributed by atoms with Crippen molar-refractivity contribution in [1.29, 1.82) is 0 Å². The summed E-state index contributed by atoms with van der Waals surface area (Å²) in [4.78, 5) is 51.0. The van der Waals surface area contributed by atoms with Gasteiger partial charge < -0.3 is 89.1 Å². The lowest BCUT2D eigenvalue weighted by atomic mass is 9.84. The Bertz CT molecular complexity index is 2080. The summed E-state index contributed by atoms with van der Waals surface area (Å²) in [5.41, 5.74) is 0. The van der Waals surface area contributed by atoms with Gasteiger partial charge in [-0.2, -0.15) is 0 Å². The Balaban J connectivity index is 1.75. The molecule has 3 aliphatic rings. The van der Waals surface area contributed by atoms with Crippen molar-refractivity contribution in [2.75, 3.05) is 26.4 Å². The number of hydrogen-bond donors (Lipinski definition) is 11. The summed E-state index contributed by atoms with van der Waals surface area (Å²) < 4.78 is 65.0. The van der Waals surface area contributed by atoms with Gasteiger partial charge in [-0.05, 0) is 50.9 Å². The molecule has 11 N–H and O–H groups in total. The number of rotatable bonds is 58. The molecule has 25 heteroatoms. The maximum absolute atomic E-state index is 14.3. The highest BCUT2D eigenvalue weighted by atomic mass is 31.2. The molecule has 1 saturated carbocycles. The van der Waals surface area contributed by atoms with Crippen molar-refractivity contribution in [3.05, 3.63) is 12.2 Å². The molecule has 19 atom stereocenters. The third kappa shape index (κ3) is 37.1. The van der Waals surface area contributed by atoms with E-state index in [9.17, 15) is 74.9 Å². The van der Waals surface area contributed by atoms with Crippen LogP contribution in [0.15, 0.2) is 12.2 Å². The molecule has 24 nitrogen and oxygen atoms in total. The van der Waals surface area contributed by atoms with Gasteiger partial charge in [0.1, 0.15) is 98.7 Å². The third-order valence-electron chi connectivity index (χ3n) is 18.9. The standard InChI is InChI=1S/C72H133O24P/c1-5-8-11-14-17-19-21-23-24-26-28-30-36-41-46-57(75)89-51-55-60(78)62(80)67(85)72(93-55)95-69-65(83)63(81)64(82)68(94-71-66(84)61(79)59(77)54(48-73)92-71)70(69)96-97(86,87)90-50-53(49-88-56(74)45-40-35-29-27-25-22-20-18-15-12-9-6-2)91-58(76)47-42-37-32-31-34-39-44-52(4)43-38-33-16-13-10-7-3/h24,26,52-55,59-73,77-85H,5-23,25,27-51H2,1-4H3,(H,86,87)/b26-24-. The summed E-state index contributed by atoms with van der Waals surface area (Å²) in [5.74, 6) is -1.32. The van der Waals surface area contributed by atoms with Gasteiger partial charge in [0, 0.05) is 19.3 Å². The van der Waals surface area contributed by atoms with Crippen molar-refractivity contribution < 1.29 is 117 Å². The number of aliphatic hydroxyl groups is 10. The Morgan fingerprint density at radius 3 is 1.23 bits per heavy atom. The van der Waals surface area contributed by atoms with Gasteiger partial charge in [0.25, 0.3) is 0 Å². The Labute approximate surface area is 580 Å². The predicted octanol–water partition coefficient (Wildman–Crippen LogP) is 10.2. The van der Waals surface area contributed by atoms with Gasteiger partial charge >= 0.3 is 25.7 Å². The minimum atomic E-state index is -5.70. The monoisotopic (exact) mass is 1410 g/mol. The summed E-state index contributed by atoms with van der Waals surface area (Å²) in [7, 11) is -5.70. The molecule has 0 aromatic rings. The van der Waals surface area contributed by atoms with E-state index in [0.29, 0.717) is 25.2 Å². The van der Waals surface area contributed by atoms with Gasteiger partial charge in [-0.15, -0.1) is 0 Å². The van der Waals surface area contributed by atoms with Crippen LogP contribution in [0.5, 0.6) is 0 Å². The zero-order valence-electron chi connectivity index (χ0n) is 59.5. The first-order valence-corrected chi connectivity index (χ1v) is 39.4. The first-order valence-electron chi connectivity index (χ1n) is 37.9. The fourth-order valence-corrected chi connectivity index (χ4v) is 13.6. The molecule has 3 fully saturated rings. The smallest absolute Gasteiger partial charge is 0.463 e.